The smallest absolute Gasteiger partial charge is 0.228 e. The summed E-state index contributed by atoms with van der Waals surface area (Å²) in [7, 11) is 2.12. The lowest BCUT2D eigenvalue weighted by atomic mass is 10.1. The van der Waals surface area contributed by atoms with Gasteiger partial charge in [-0.15, -0.1) is 0 Å². The fraction of sp³-hybridized carbons (Fsp3) is 0.348. The van der Waals surface area contributed by atoms with Crippen molar-refractivity contribution in [3.05, 3.63) is 65.4 Å². The molecule has 0 spiro atoms. The lowest BCUT2D eigenvalue weighted by Gasteiger charge is -2.33. The number of anilines is 2. The molecule has 1 saturated heterocycles. The van der Waals surface area contributed by atoms with Gasteiger partial charge in [-0.25, -0.2) is 14.1 Å². The van der Waals surface area contributed by atoms with E-state index >= 15 is 0 Å². The molecule has 162 valence electrons. The number of benzene rings is 1. The van der Waals surface area contributed by atoms with E-state index in [9.17, 15) is 9.18 Å². The molecule has 2 aromatic heterocycles. The first-order chi connectivity index (χ1) is 14.9. The number of pyridine rings is 1. The van der Waals surface area contributed by atoms with Crippen LogP contribution in [0.4, 0.5) is 15.9 Å². The molecular weight excluding hydrogens is 395 g/mol. The monoisotopic (exact) mass is 422 g/mol. The second kappa shape index (κ2) is 8.85. The lowest BCUT2D eigenvalue weighted by molar-refractivity contribution is -0.115. The van der Waals surface area contributed by atoms with Crippen LogP contribution in [0, 0.1) is 19.7 Å². The third-order valence-electron chi connectivity index (χ3n) is 5.71. The molecule has 0 radical (unpaired) electrons. The maximum absolute atomic E-state index is 13.2. The quantitative estimate of drug-likeness (QED) is 0.685. The topological polar surface area (TPSA) is 66.3 Å². The van der Waals surface area contributed by atoms with E-state index in [0.29, 0.717) is 5.69 Å². The van der Waals surface area contributed by atoms with Gasteiger partial charge in [-0.05, 0) is 57.3 Å². The van der Waals surface area contributed by atoms with E-state index < -0.39 is 0 Å². The zero-order valence-electron chi connectivity index (χ0n) is 18.1. The van der Waals surface area contributed by atoms with E-state index in [1.165, 1.54) is 12.1 Å². The van der Waals surface area contributed by atoms with Gasteiger partial charge >= 0.3 is 0 Å². The molecule has 0 unspecified atom stereocenters. The third-order valence-corrected chi connectivity index (χ3v) is 5.71. The van der Waals surface area contributed by atoms with Gasteiger partial charge in [0.2, 0.25) is 5.91 Å². The number of carbonyl (C=O) groups is 1. The molecule has 3 heterocycles. The van der Waals surface area contributed by atoms with Gasteiger partial charge in [-0.3, -0.25) is 4.79 Å². The van der Waals surface area contributed by atoms with Crippen LogP contribution in [0.15, 0.2) is 42.6 Å². The number of likely N-dealkylation sites (N-methyl/N-ethyl adjacent to an activating group) is 1. The number of hydrogen-bond donors (Lipinski definition) is 1. The summed E-state index contributed by atoms with van der Waals surface area (Å²) in [6.45, 7) is 7.73. The summed E-state index contributed by atoms with van der Waals surface area (Å²) in [6, 6.07) is 9.98. The highest BCUT2D eigenvalue weighted by atomic mass is 19.1. The van der Waals surface area contributed by atoms with Crippen LogP contribution in [-0.2, 0) is 11.2 Å². The fourth-order valence-corrected chi connectivity index (χ4v) is 3.81. The number of aromatic nitrogens is 3. The van der Waals surface area contributed by atoms with Crippen LogP contribution >= 0.6 is 0 Å². The van der Waals surface area contributed by atoms with Crippen LogP contribution in [0.25, 0.3) is 5.69 Å². The average Bonchev–Trinajstić information content (AvgIpc) is 3.04. The molecule has 0 aliphatic carbocycles. The number of rotatable bonds is 5. The van der Waals surface area contributed by atoms with Gasteiger partial charge in [0.1, 0.15) is 11.6 Å². The Labute approximate surface area is 181 Å². The summed E-state index contributed by atoms with van der Waals surface area (Å²) < 4.78 is 15.0. The molecule has 1 N–H and O–H groups in total. The Balaban J connectivity index is 1.41. The molecule has 8 heteroatoms. The second-order valence-electron chi connectivity index (χ2n) is 7.96. The Morgan fingerprint density at radius 3 is 2.42 bits per heavy atom. The van der Waals surface area contributed by atoms with Crippen molar-refractivity contribution in [1.29, 1.82) is 0 Å². The molecule has 31 heavy (non-hydrogen) atoms. The minimum atomic E-state index is -0.294. The number of hydrogen-bond acceptors (Lipinski definition) is 5. The average molecular weight is 423 g/mol. The SMILES string of the molecule is Cc1nn(-c2ccc(F)cc2)c(C)c1CC(=O)Nc1ccc(N2CCN(C)CC2)nc1. The zero-order valence-corrected chi connectivity index (χ0v) is 18.1. The maximum Gasteiger partial charge on any atom is 0.228 e. The van der Waals surface area contributed by atoms with E-state index in [4.69, 9.17) is 0 Å². The molecule has 0 atom stereocenters. The van der Waals surface area contributed by atoms with Crippen molar-refractivity contribution in [2.75, 3.05) is 43.4 Å². The van der Waals surface area contributed by atoms with Gasteiger partial charge in [-0.2, -0.15) is 5.10 Å². The van der Waals surface area contributed by atoms with Crippen molar-refractivity contribution in [3.8, 4) is 5.69 Å². The van der Waals surface area contributed by atoms with E-state index in [1.807, 2.05) is 26.0 Å². The van der Waals surface area contributed by atoms with Crippen LogP contribution in [0.3, 0.4) is 0 Å². The highest BCUT2D eigenvalue weighted by Crippen LogP contribution is 2.20. The minimum Gasteiger partial charge on any atom is -0.354 e. The molecule has 1 fully saturated rings. The molecule has 7 nitrogen and oxygen atoms in total. The summed E-state index contributed by atoms with van der Waals surface area (Å²) in [5, 5.41) is 7.46. The Morgan fingerprint density at radius 1 is 1.06 bits per heavy atom. The van der Waals surface area contributed by atoms with Crippen molar-refractivity contribution >= 4 is 17.4 Å². The standard InChI is InChI=1S/C23H27FN6O/c1-16-21(17(2)30(27-16)20-7-4-18(24)5-8-20)14-23(31)26-19-6-9-22(25-15-19)29-12-10-28(3)11-13-29/h4-9,15H,10-14H2,1-3H3,(H,26,31). The van der Waals surface area contributed by atoms with Gasteiger partial charge in [0.15, 0.2) is 0 Å². The maximum atomic E-state index is 13.2. The largest absolute Gasteiger partial charge is 0.354 e. The van der Waals surface area contributed by atoms with Gasteiger partial charge in [0.25, 0.3) is 0 Å². The molecule has 0 saturated carbocycles. The van der Waals surface area contributed by atoms with E-state index in [-0.39, 0.29) is 18.1 Å². The van der Waals surface area contributed by atoms with E-state index in [2.05, 4.69) is 32.2 Å². The minimum absolute atomic E-state index is 0.126. The molecule has 1 aromatic carbocycles. The van der Waals surface area contributed by atoms with Crippen LogP contribution in [0.1, 0.15) is 17.0 Å². The van der Waals surface area contributed by atoms with Crippen molar-refractivity contribution in [3.63, 3.8) is 0 Å². The normalized spacial score (nSPS) is 14.6. The zero-order chi connectivity index (χ0) is 22.0. The van der Waals surface area contributed by atoms with Gasteiger partial charge < -0.3 is 15.1 Å². The van der Waals surface area contributed by atoms with Gasteiger partial charge in [0, 0.05) is 37.4 Å². The number of nitrogens with zero attached hydrogens (tertiary/aromatic N) is 5. The third kappa shape index (κ3) is 4.74. The first kappa shape index (κ1) is 21.0. The van der Waals surface area contributed by atoms with Crippen molar-refractivity contribution in [2.24, 2.45) is 0 Å². The van der Waals surface area contributed by atoms with Crippen molar-refractivity contribution in [1.82, 2.24) is 19.7 Å². The number of piperazine rings is 1. The molecule has 0 bridgehead atoms. The summed E-state index contributed by atoms with van der Waals surface area (Å²) in [4.78, 5) is 21.7. The predicted molar refractivity (Wildman–Crippen MR) is 119 cm³/mol. The Hall–Kier alpha value is -3.26. The summed E-state index contributed by atoms with van der Waals surface area (Å²) >= 11 is 0. The summed E-state index contributed by atoms with van der Waals surface area (Å²) in [5.41, 5.74) is 3.94. The van der Waals surface area contributed by atoms with Gasteiger partial charge in [0.05, 0.1) is 29.7 Å². The molecule has 1 amide bonds. The summed E-state index contributed by atoms with van der Waals surface area (Å²) in [6.07, 6.45) is 1.91. The van der Waals surface area contributed by atoms with E-state index in [1.54, 1.807) is 23.0 Å². The molecule has 4 rings (SSSR count). The van der Waals surface area contributed by atoms with E-state index in [0.717, 1.165) is 54.6 Å². The number of carbonyl (C=O) groups excluding carboxylic acids is 1. The van der Waals surface area contributed by atoms with Crippen LogP contribution in [0.5, 0.6) is 0 Å². The molecular formula is C23H27FN6O. The van der Waals surface area contributed by atoms with Crippen molar-refractivity contribution in [2.45, 2.75) is 20.3 Å². The lowest BCUT2D eigenvalue weighted by Crippen LogP contribution is -2.44. The van der Waals surface area contributed by atoms with Gasteiger partial charge in [-0.1, -0.05) is 0 Å². The highest BCUT2D eigenvalue weighted by Gasteiger charge is 2.17. The Kier molecular flexibility index (Phi) is 5.99. The Morgan fingerprint density at radius 2 is 1.77 bits per heavy atom. The number of aryl methyl sites for hydroxylation is 1. The molecule has 1 aliphatic heterocycles. The number of amides is 1. The number of nitrogens with one attached hydrogen (secondary N) is 1. The first-order valence-corrected chi connectivity index (χ1v) is 10.4. The predicted octanol–water partition coefficient (Wildman–Crippen LogP) is 2.96. The van der Waals surface area contributed by atoms with Crippen LogP contribution in [-0.4, -0.2) is 58.8 Å². The Bertz CT molecular complexity index is 1050. The molecule has 3 aromatic rings. The van der Waals surface area contributed by atoms with Crippen LogP contribution < -0.4 is 10.2 Å². The highest BCUT2D eigenvalue weighted by molar-refractivity contribution is 5.92. The second-order valence-corrected chi connectivity index (χ2v) is 7.96. The fourth-order valence-electron chi connectivity index (χ4n) is 3.81. The van der Waals surface area contributed by atoms with Crippen LogP contribution in [0.2, 0.25) is 0 Å². The first-order valence-electron chi connectivity index (χ1n) is 10.4. The van der Waals surface area contributed by atoms with Crippen molar-refractivity contribution < 1.29 is 9.18 Å². The summed E-state index contributed by atoms with van der Waals surface area (Å²) in [5.74, 6) is 0.509. The molecule has 1 aliphatic rings. The number of halogens is 1.